The van der Waals surface area contributed by atoms with Gasteiger partial charge in [-0.25, -0.2) is 0 Å². The predicted octanol–water partition coefficient (Wildman–Crippen LogP) is 3.34. The lowest BCUT2D eigenvalue weighted by molar-refractivity contribution is 1.12. The van der Waals surface area contributed by atoms with Crippen molar-refractivity contribution in [3.05, 3.63) is 0 Å². The molecular weight excluding hydrogens is 385 g/mol. The molecule has 0 spiro atoms. The molecule has 20 heavy (non-hydrogen) atoms. The van der Waals surface area contributed by atoms with E-state index in [9.17, 15) is 0 Å². The SMILES string of the molecule is N=C(N)SCCSC(CS)CSCC(CS)SCCS. The Kier molecular flexibility index (Phi) is 17.3. The summed E-state index contributed by atoms with van der Waals surface area (Å²) in [6, 6.07) is 0. The van der Waals surface area contributed by atoms with Crippen molar-refractivity contribution in [2.45, 2.75) is 10.5 Å². The van der Waals surface area contributed by atoms with Gasteiger partial charge in [-0.1, -0.05) is 11.8 Å². The summed E-state index contributed by atoms with van der Waals surface area (Å²) >= 11 is 20.4. The lowest BCUT2D eigenvalue weighted by Gasteiger charge is -2.17. The van der Waals surface area contributed by atoms with Gasteiger partial charge in [-0.15, -0.1) is 0 Å². The number of thiol groups is 3. The van der Waals surface area contributed by atoms with Gasteiger partial charge in [0.1, 0.15) is 0 Å². The van der Waals surface area contributed by atoms with Gasteiger partial charge in [0.2, 0.25) is 0 Å². The molecule has 0 radical (unpaired) electrons. The Labute approximate surface area is 156 Å². The standard InChI is InChI=1S/C11H24N2S7/c12-11(13)20-4-3-19-10(6-16)8-17-7-9(5-15)18-2-1-14/h9-10,14-16H,1-8H2,(H3,12,13). The average Bonchev–Trinajstić information content (AvgIpc) is 2.44. The van der Waals surface area contributed by atoms with E-state index < -0.39 is 0 Å². The Hall–Kier alpha value is 1.92. The molecule has 0 saturated heterocycles. The number of nitrogens with two attached hydrogens (primary N) is 1. The third kappa shape index (κ3) is 13.6. The summed E-state index contributed by atoms with van der Waals surface area (Å²) in [5.74, 6) is 8.08. The average molecular weight is 409 g/mol. The maximum atomic E-state index is 7.16. The number of rotatable bonds is 13. The maximum Gasteiger partial charge on any atom is 0.151 e. The van der Waals surface area contributed by atoms with Crippen molar-refractivity contribution in [2.75, 3.05) is 46.0 Å². The number of nitrogens with one attached hydrogen (secondary N) is 1. The second-order valence-corrected chi connectivity index (χ2v) is 10.0. The van der Waals surface area contributed by atoms with Gasteiger partial charge in [0.15, 0.2) is 5.17 Å². The summed E-state index contributed by atoms with van der Waals surface area (Å²) in [6.07, 6.45) is 0. The first-order valence-corrected chi connectivity index (χ1v) is 12.4. The molecule has 0 aliphatic rings. The van der Waals surface area contributed by atoms with Crippen molar-refractivity contribution >= 4 is 90.1 Å². The van der Waals surface area contributed by atoms with Crippen LogP contribution in [0.1, 0.15) is 0 Å². The molecule has 0 heterocycles. The smallest absolute Gasteiger partial charge is 0.151 e. The van der Waals surface area contributed by atoms with Gasteiger partial charge >= 0.3 is 0 Å². The van der Waals surface area contributed by atoms with Crippen LogP contribution in [-0.2, 0) is 0 Å². The van der Waals surface area contributed by atoms with E-state index in [1.54, 1.807) is 0 Å². The van der Waals surface area contributed by atoms with Crippen LogP contribution >= 0.6 is 84.9 Å². The second-order valence-electron chi connectivity index (χ2n) is 3.82. The summed E-state index contributed by atoms with van der Waals surface area (Å²) in [5, 5.41) is 8.56. The Morgan fingerprint density at radius 1 is 0.950 bits per heavy atom. The molecule has 2 nitrogen and oxygen atoms in total. The molecule has 120 valence electrons. The Bertz CT molecular complexity index is 243. The van der Waals surface area contributed by atoms with E-state index in [-0.39, 0.29) is 5.17 Å². The lowest BCUT2D eigenvalue weighted by atomic mass is 10.5. The fourth-order valence-corrected chi connectivity index (χ4v) is 6.95. The van der Waals surface area contributed by atoms with Crippen LogP contribution in [0.2, 0.25) is 0 Å². The molecule has 2 atom stereocenters. The molecule has 0 saturated carbocycles. The molecule has 0 fully saturated rings. The van der Waals surface area contributed by atoms with Crippen molar-refractivity contribution in [1.82, 2.24) is 0 Å². The number of hydrogen-bond acceptors (Lipinski definition) is 8. The van der Waals surface area contributed by atoms with Crippen LogP contribution in [0.3, 0.4) is 0 Å². The second kappa shape index (κ2) is 15.8. The van der Waals surface area contributed by atoms with Gasteiger partial charge in [0, 0.05) is 50.8 Å². The number of hydrogen-bond donors (Lipinski definition) is 5. The van der Waals surface area contributed by atoms with Crippen molar-refractivity contribution in [3.8, 4) is 0 Å². The summed E-state index contributed by atoms with van der Waals surface area (Å²) < 4.78 is 0. The summed E-state index contributed by atoms with van der Waals surface area (Å²) in [4.78, 5) is 0. The number of thioether (sulfide) groups is 4. The molecule has 0 aromatic carbocycles. The molecule has 0 aromatic rings. The van der Waals surface area contributed by atoms with Crippen molar-refractivity contribution in [2.24, 2.45) is 5.73 Å². The van der Waals surface area contributed by atoms with Crippen LogP contribution in [0.15, 0.2) is 0 Å². The van der Waals surface area contributed by atoms with E-state index in [0.29, 0.717) is 10.5 Å². The summed E-state index contributed by atoms with van der Waals surface area (Å²) in [6.45, 7) is 0. The summed E-state index contributed by atoms with van der Waals surface area (Å²) in [5.41, 5.74) is 5.31. The molecule has 9 heteroatoms. The topological polar surface area (TPSA) is 49.9 Å². The van der Waals surface area contributed by atoms with Gasteiger partial charge in [0.05, 0.1) is 0 Å². The zero-order chi connectivity index (χ0) is 15.2. The van der Waals surface area contributed by atoms with Crippen LogP contribution in [0.4, 0.5) is 0 Å². The maximum absolute atomic E-state index is 7.16. The van der Waals surface area contributed by atoms with Crippen molar-refractivity contribution in [3.63, 3.8) is 0 Å². The lowest BCUT2D eigenvalue weighted by Crippen LogP contribution is -2.15. The molecule has 0 aromatic heterocycles. The van der Waals surface area contributed by atoms with E-state index >= 15 is 0 Å². The number of amidine groups is 1. The summed E-state index contributed by atoms with van der Waals surface area (Å²) in [7, 11) is 0. The van der Waals surface area contributed by atoms with Gasteiger partial charge in [0.25, 0.3) is 0 Å². The van der Waals surface area contributed by atoms with Crippen LogP contribution in [0.25, 0.3) is 0 Å². The first-order valence-electron chi connectivity index (χ1n) is 6.24. The Morgan fingerprint density at radius 3 is 1.95 bits per heavy atom. The van der Waals surface area contributed by atoms with E-state index in [0.717, 1.165) is 46.0 Å². The Morgan fingerprint density at radius 2 is 1.50 bits per heavy atom. The zero-order valence-electron chi connectivity index (χ0n) is 11.4. The molecule has 0 amide bonds. The highest BCUT2D eigenvalue weighted by Crippen LogP contribution is 2.23. The minimum Gasteiger partial charge on any atom is -0.379 e. The predicted molar refractivity (Wildman–Crippen MR) is 116 cm³/mol. The minimum atomic E-state index is 0.209. The van der Waals surface area contributed by atoms with Gasteiger partial charge in [-0.3, -0.25) is 5.41 Å². The molecule has 0 rings (SSSR count). The first kappa shape index (κ1) is 21.9. The van der Waals surface area contributed by atoms with Crippen LogP contribution in [0, 0.1) is 5.41 Å². The molecular formula is C11H24N2S7. The largest absolute Gasteiger partial charge is 0.379 e. The third-order valence-corrected chi connectivity index (χ3v) is 9.22. The van der Waals surface area contributed by atoms with Crippen LogP contribution < -0.4 is 5.73 Å². The first-order chi connectivity index (χ1) is 9.63. The molecule has 3 N–H and O–H groups in total. The highest BCUT2D eigenvalue weighted by atomic mass is 32.2. The zero-order valence-corrected chi connectivity index (χ0v) is 17.3. The van der Waals surface area contributed by atoms with Gasteiger partial charge in [-0.2, -0.15) is 73.2 Å². The minimum absolute atomic E-state index is 0.209. The van der Waals surface area contributed by atoms with Crippen molar-refractivity contribution < 1.29 is 0 Å². The molecule has 0 aliphatic heterocycles. The van der Waals surface area contributed by atoms with E-state index in [4.69, 9.17) is 11.1 Å². The van der Waals surface area contributed by atoms with E-state index in [2.05, 4.69) is 37.9 Å². The van der Waals surface area contributed by atoms with Crippen molar-refractivity contribution in [1.29, 1.82) is 5.41 Å². The quantitative estimate of drug-likeness (QED) is 0.140. The van der Waals surface area contributed by atoms with Crippen LogP contribution in [0.5, 0.6) is 0 Å². The Balaban J connectivity index is 3.68. The fourth-order valence-electron chi connectivity index (χ4n) is 1.22. The van der Waals surface area contributed by atoms with E-state index in [1.807, 2.05) is 35.3 Å². The fraction of sp³-hybridized carbons (Fsp3) is 0.909. The highest BCUT2D eigenvalue weighted by molar-refractivity contribution is 8.14. The monoisotopic (exact) mass is 408 g/mol. The normalized spacial score (nSPS) is 14.2. The highest BCUT2D eigenvalue weighted by Gasteiger charge is 2.11. The third-order valence-electron chi connectivity index (χ3n) is 2.15. The van der Waals surface area contributed by atoms with Gasteiger partial charge in [-0.05, 0) is 5.75 Å². The molecule has 2 unspecified atom stereocenters. The van der Waals surface area contributed by atoms with Gasteiger partial charge < -0.3 is 5.73 Å². The molecule has 0 aliphatic carbocycles. The molecule has 0 bridgehead atoms. The van der Waals surface area contributed by atoms with Crippen LogP contribution in [-0.4, -0.2) is 61.7 Å². The van der Waals surface area contributed by atoms with E-state index in [1.165, 1.54) is 11.8 Å².